The van der Waals surface area contributed by atoms with Gasteiger partial charge in [0.15, 0.2) is 6.29 Å². The number of aldehydes is 1. The number of aromatic nitrogens is 1. The number of rotatable bonds is 1. The number of nitrogens with one attached hydrogen (secondary N) is 1. The van der Waals surface area contributed by atoms with Crippen molar-refractivity contribution in [3.05, 3.63) is 30.1 Å². The maximum absolute atomic E-state index is 10.5. The highest BCUT2D eigenvalue weighted by Gasteiger charge is 2.00. The topological polar surface area (TPSA) is 58.9 Å². The Morgan fingerprint density at radius 3 is 3.00 bits per heavy atom. The first kappa shape index (κ1) is 6.91. The SMILES string of the molecule is Nc1ccc2c(C=O)[nH]cc2c1. The lowest BCUT2D eigenvalue weighted by Gasteiger charge is -1.92. The van der Waals surface area contributed by atoms with E-state index in [1.165, 1.54) is 0 Å². The summed E-state index contributed by atoms with van der Waals surface area (Å²) in [6.07, 6.45) is 2.58. The monoisotopic (exact) mass is 160 g/mol. The zero-order valence-electron chi connectivity index (χ0n) is 6.37. The molecule has 3 heteroatoms. The van der Waals surface area contributed by atoms with Gasteiger partial charge in [0.1, 0.15) is 0 Å². The molecule has 0 bridgehead atoms. The molecule has 3 nitrogen and oxygen atoms in total. The number of benzene rings is 1. The van der Waals surface area contributed by atoms with E-state index in [1.54, 1.807) is 12.3 Å². The summed E-state index contributed by atoms with van der Waals surface area (Å²) in [5.74, 6) is 0. The Balaban J connectivity index is 2.81. The summed E-state index contributed by atoms with van der Waals surface area (Å²) in [7, 11) is 0. The third kappa shape index (κ3) is 0.871. The van der Waals surface area contributed by atoms with Crippen molar-refractivity contribution in [2.24, 2.45) is 0 Å². The molecule has 0 atom stereocenters. The lowest BCUT2D eigenvalue weighted by molar-refractivity contribution is 0.112. The fourth-order valence-corrected chi connectivity index (χ4v) is 1.28. The van der Waals surface area contributed by atoms with Crippen LogP contribution in [0.1, 0.15) is 10.5 Å². The Kier molecular flexibility index (Phi) is 1.37. The van der Waals surface area contributed by atoms with Crippen LogP contribution in [-0.2, 0) is 0 Å². The van der Waals surface area contributed by atoms with Crippen molar-refractivity contribution in [2.75, 3.05) is 5.73 Å². The number of H-pyrrole nitrogens is 1. The van der Waals surface area contributed by atoms with E-state index in [1.807, 2.05) is 12.1 Å². The van der Waals surface area contributed by atoms with Crippen LogP contribution in [0.25, 0.3) is 10.8 Å². The number of carbonyl (C=O) groups excluding carboxylic acids is 1. The van der Waals surface area contributed by atoms with Crippen LogP contribution in [-0.4, -0.2) is 11.3 Å². The molecule has 0 aliphatic heterocycles. The van der Waals surface area contributed by atoms with E-state index >= 15 is 0 Å². The molecule has 2 rings (SSSR count). The molecule has 1 heterocycles. The standard InChI is InChI=1S/C9H8N2O/c10-7-1-2-8-6(3-7)4-11-9(8)5-12/h1-5,11H,10H2. The van der Waals surface area contributed by atoms with E-state index in [2.05, 4.69) is 4.98 Å². The van der Waals surface area contributed by atoms with Gasteiger partial charge in [-0.05, 0) is 12.1 Å². The summed E-state index contributed by atoms with van der Waals surface area (Å²) >= 11 is 0. The van der Waals surface area contributed by atoms with Crippen molar-refractivity contribution < 1.29 is 4.79 Å². The number of anilines is 1. The molecule has 0 radical (unpaired) electrons. The van der Waals surface area contributed by atoms with Gasteiger partial charge >= 0.3 is 0 Å². The summed E-state index contributed by atoms with van der Waals surface area (Å²) in [4.78, 5) is 13.4. The van der Waals surface area contributed by atoms with Crippen molar-refractivity contribution in [1.82, 2.24) is 4.98 Å². The predicted molar refractivity (Wildman–Crippen MR) is 48.1 cm³/mol. The van der Waals surface area contributed by atoms with E-state index < -0.39 is 0 Å². The first-order chi connectivity index (χ1) is 5.81. The Hall–Kier alpha value is -1.77. The molecule has 1 aromatic heterocycles. The third-order valence-corrected chi connectivity index (χ3v) is 1.87. The van der Waals surface area contributed by atoms with Crippen molar-refractivity contribution in [1.29, 1.82) is 0 Å². The van der Waals surface area contributed by atoms with E-state index in [0.717, 1.165) is 17.1 Å². The van der Waals surface area contributed by atoms with E-state index in [4.69, 9.17) is 5.73 Å². The van der Waals surface area contributed by atoms with Crippen molar-refractivity contribution in [3.8, 4) is 0 Å². The van der Waals surface area contributed by atoms with Gasteiger partial charge in [-0.3, -0.25) is 4.79 Å². The van der Waals surface area contributed by atoms with Crippen LogP contribution >= 0.6 is 0 Å². The molecule has 0 aliphatic rings. The van der Waals surface area contributed by atoms with Gasteiger partial charge in [-0.15, -0.1) is 0 Å². The van der Waals surface area contributed by atoms with Crippen LogP contribution in [0, 0.1) is 0 Å². The molecule has 0 unspecified atom stereocenters. The molecule has 0 fully saturated rings. The smallest absolute Gasteiger partial charge is 0.166 e. The number of nitrogen functional groups attached to an aromatic ring is 1. The van der Waals surface area contributed by atoms with Gasteiger partial charge in [0.05, 0.1) is 5.69 Å². The van der Waals surface area contributed by atoms with Crippen molar-refractivity contribution in [3.63, 3.8) is 0 Å². The lowest BCUT2D eigenvalue weighted by Crippen LogP contribution is -1.83. The van der Waals surface area contributed by atoms with Gasteiger partial charge in [-0.1, -0.05) is 6.07 Å². The minimum Gasteiger partial charge on any atom is -0.399 e. The van der Waals surface area contributed by atoms with Crippen LogP contribution in [0.4, 0.5) is 5.69 Å². The highest BCUT2D eigenvalue weighted by Crippen LogP contribution is 2.19. The van der Waals surface area contributed by atoms with Gasteiger partial charge < -0.3 is 10.7 Å². The summed E-state index contributed by atoms with van der Waals surface area (Å²) in [6, 6.07) is 5.45. The van der Waals surface area contributed by atoms with Crippen LogP contribution in [0.15, 0.2) is 24.4 Å². The second-order valence-corrected chi connectivity index (χ2v) is 2.67. The van der Waals surface area contributed by atoms with Crippen LogP contribution in [0.3, 0.4) is 0 Å². The normalized spacial score (nSPS) is 10.3. The number of nitrogens with two attached hydrogens (primary N) is 1. The van der Waals surface area contributed by atoms with Gasteiger partial charge in [0.2, 0.25) is 0 Å². The van der Waals surface area contributed by atoms with Gasteiger partial charge in [0, 0.05) is 22.7 Å². The summed E-state index contributed by atoms with van der Waals surface area (Å²) in [5.41, 5.74) is 6.88. The Bertz CT molecular complexity index is 431. The quantitative estimate of drug-likeness (QED) is 0.491. The Morgan fingerprint density at radius 1 is 1.42 bits per heavy atom. The number of hydrogen-bond acceptors (Lipinski definition) is 2. The molecule has 0 amide bonds. The molecule has 0 saturated carbocycles. The highest BCUT2D eigenvalue weighted by molar-refractivity contribution is 5.98. The molecule has 0 spiro atoms. The zero-order valence-corrected chi connectivity index (χ0v) is 6.37. The molecule has 12 heavy (non-hydrogen) atoms. The fraction of sp³-hybridized carbons (Fsp3) is 0. The van der Waals surface area contributed by atoms with Crippen molar-refractivity contribution in [2.45, 2.75) is 0 Å². The Labute approximate surface area is 69.2 Å². The number of carbonyl (C=O) groups is 1. The summed E-state index contributed by atoms with van der Waals surface area (Å²) in [5, 5.41) is 1.89. The number of fused-ring (bicyclic) bond motifs is 1. The molecule has 0 aliphatic carbocycles. The first-order valence-electron chi connectivity index (χ1n) is 3.63. The fourth-order valence-electron chi connectivity index (χ4n) is 1.28. The second kappa shape index (κ2) is 2.37. The Morgan fingerprint density at radius 2 is 2.25 bits per heavy atom. The van der Waals surface area contributed by atoms with Crippen LogP contribution in [0.5, 0.6) is 0 Å². The molecule has 2 aromatic rings. The molecule has 3 N–H and O–H groups in total. The van der Waals surface area contributed by atoms with Crippen LogP contribution < -0.4 is 5.73 Å². The maximum Gasteiger partial charge on any atom is 0.166 e. The van der Waals surface area contributed by atoms with E-state index in [0.29, 0.717) is 11.4 Å². The van der Waals surface area contributed by atoms with Gasteiger partial charge in [-0.2, -0.15) is 0 Å². The van der Waals surface area contributed by atoms with Gasteiger partial charge in [-0.25, -0.2) is 0 Å². The summed E-state index contributed by atoms with van der Waals surface area (Å²) in [6.45, 7) is 0. The average Bonchev–Trinajstić information content (AvgIpc) is 2.46. The minimum absolute atomic E-state index is 0.602. The van der Waals surface area contributed by atoms with E-state index in [9.17, 15) is 4.79 Å². The molecular weight excluding hydrogens is 152 g/mol. The zero-order chi connectivity index (χ0) is 8.55. The highest BCUT2D eigenvalue weighted by atomic mass is 16.1. The molecule has 60 valence electrons. The largest absolute Gasteiger partial charge is 0.399 e. The average molecular weight is 160 g/mol. The number of aromatic amines is 1. The first-order valence-corrected chi connectivity index (χ1v) is 3.63. The lowest BCUT2D eigenvalue weighted by atomic mass is 10.2. The van der Waals surface area contributed by atoms with E-state index in [-0.39, 0.29) is 0 Å². The molecule has 1 aromatic carbocycles. The van der Waals surface area contributed by atoms with Crippen molar-refractivity contribution >= 4 is 22.7 Å². The predicted octanol–water partition coefficient (Wildman–Crippen LogP) is 1.56. The second-order valence-electron chi connectivity index (χ2n) is 2.67. The maximum atomic E-state index is 10.5. The third-order valence-electron chi connectivity index (χ3n) is 1.87. The summed E-state index contributed by atoms with van der Waals surface area (Å²) < 4.78 is 0. The number of hydrogen-bond donors (Lipinski definition) is 2. The van der Waals surface area contributed by atoms with Gasteiger partial charge in [0.25, 0.3) is 0 Å². The molecule has 0 saturated heterocycles. The van der Waals surface area contributed by atoms with Crippen LogP contribution in [0.2, 0.25) is 0 Å². The minimum atomic E-state index is 0.602. The molecular formula is C9H8N2O.